The summed E-state index contributed by atoms with van der Waals surface area (Å²) in [5.74, 6) is 1.78. The molecule has 1 spiro atoms. The fourth-order valence-corrected chi connectivity index (χ4v) is 3.53. The summed E-state index contributed by atoms with van der Waals surface area (Å²) in [6.07, 6.45) is 2.64. The number of hydrogen-bond acceptors (Lipinski definition) is 4. The van der Waals surface area contributed by atoms with E-state index in [0.29, 0.717) is 5.41 Å². The van der Waals surface area contributed by atoms with Crippen LogP contribution >= 0.6 is 0 Å². The van der Waals surface area contributed by atoms with Crippen molar-refractivity contribution >= 4 is 0 Å². The average Bonchev–Trinajstić information content (AvgIpc) is 3.10. The maximum absolute atomic E-state index is 5.50. The molecule has 1 unspecified atom stereocenters. The van der Waals surface area contributed by atoms with Crippen LogP contribution in [0.3, 0.4) is 0 Å². The summed E-state index contributed by atoms with van der Waals surface area (Å²) in [6, 6.07) is 6.11. The summed E-state index contributed by atoms with van der Waals surface area (Å²) in [7, 11) is 3.41. The van der Waals surface area contributed by atoms with E-state index in [1.54, 1.807) is 14.2 Å². The minimum atomic E-state index is 0.527. The lowest BCUT2D eigenvalue weighted by molar-refractivity contribution is 0.265. The number of rotatable bonds is 4. The molecule has 4 heteroatoms. The highest BCUT2D eigenvalue weighted by atomic mass is 16.5. The van der Waals surface area contributed by atoms with Crippen molar-refractivity contribution in [2.24, 2.45) is 5.41 Å². The first-order valence-electron chi connectivity index (χ1n) is 7.39. The van der Waals surface area contributed by atoms with Gasteiger partial charge in [0, 0.05) is 31.3 Å². The SMILES string of the molecule is COc1ccc(CN2CCC3(CCNC3)C2)c(OC)c1. The molecular weight excluding hydrogens is 252 g/mol. The monoisotopic (exact) mass is 276 g/mol. The molecule has 0 amide bonds. The van der Waals surface area contributed by atoms with E-state index in [4.69, 9.17) is 9.47 Å². The largest absolute Gasteiger partial charge is 0.497 e. The van der Waals surface area contributed by atoms with Gasteiger partial charge >= 0.3 is 0 Å². The Hall–Kier alpha value is -1.26. The summed E-state index contributed by atoms with van der Waals surface area (Å²) in [5, 5.41) is 3.51. The highest BCUT2D eigenvalue weighted by Crippen LogP contribution is 2.37. The lowest BCUT2D eigenvalue weighted by Crippen LogP contribution is -2.29. The number of methoxy groups -OCH3 is 2. The van der Waals surface area contributed by atoms with Crippen LogP contribution in [0.2, 0.25) is 0 Å². The van der Waals surface area contributed by atoms with Gasteiger partial charge in [0.25, 0.3) is 0 Å². The van der Waals surface area contributed by atoms with Crippen molar-refractivity contribution in [3.05, 3.63) is 23.8 Å². The highest BCUT2D eigenvalue weighted by Gasteiger charge is 2.40. The maximum atomic E-state index is 5.50. The third-order valence-electron chi connectivity index (χ3n) is 4.74. The van der Waals surface area contributed by atoms with Crippen LogP contribution in [-0.2, 0) is 6.54 Å². The second kappa shape index (κ2) is 5.62. The van der Waals surface area contributed by atoms with Crippen LogP contribution in [-0.4, -0.2) is 45.3 Å². The molecule has 1 aromatic rings. The smallest absolute Gasteiger partial charge is 0.127 e. The van der Waals surface area contributed by atoms with Crippen molar-refractivity contribution < 1.29 is 9.47 Å². The number of benzene rings is 1. The Balaban J connectivity index is 1.69. The van der Waals surface area contributed by atoms with Crippen LogP contribution in [0, 0.1) is 5.41 Å². The van der Waals surface area contributed by atoms with Crippen LogP contribution in [0.1, 0.15) is 18.4 Å². The molecule has 20 heavy (non-hydrogen) atoms. The van der Waals surface area contributed by atoms with Gasteiger partial charge in [0.05, 0.1) is 14.2 Å². The molecule has 0 aliphatic carbocycles. The lowest BCUT2D eigenvalue weighted by atomic mass is 9.86. The fraction of sp³-hybridized carbons (Fsp3) is 0.625. The number of hydrogen-bond donors (Lipinski definition) is 1. The van der Waals surface area contributed by atoms with Gasteiger partial charge in [-0.05, 0) is 37.4 Å². The molecule has 4 nitrogen and oxygen atoms in total. The summed E-state index contributed by atoms with van der Waals surface area (Å²) in [5.41, 5.74) is 1.77. The van der Waals surface area contributed by atoms with Gasteiger partial charge in [0.15, 0.2) is 0 Å². The number of nitrogens with zero attached hydrogens (tertiary/aromatic N) is 1. The van der Waals surface area contributed by atoms with E-state index in [0.717, 1.165) is 18.0 Å². The quantitative estimate of drug-likeness (QED) is 0.910. The zero-order valence-corrected chi connectivity index (χ0v) is 12.4. The Morgan fingerprint density at radius 3 is 2.85 bits per heavy atom. The Labute approximate surface area is 121 Å². The molecule has 0 radical (unpaired) electrons. The Kier molecular flexibility index (Phi) is 3.85. The fourth-order valence-electron chi connectivity index (χ4n) is 3.53. The third kappa shape index (κ3) is 2.63. The van der Waals surface area contributed by atoms with Crippen molar-refractivity contribution in [2.75, 3.05) is 40.4 Å². The lowest BCUT2D eigenvalue weighted by Gasteiger charge is -2.23. The van der Waals surface area contributed by atoms with E-state index >= 15 is 0 Å². The molecule has 1 aromatic carbocycles. The number of ether oxygens (including phenoxy) is 2. The van der Waals surface area contributed by atoms with Gasteiger partial charge in [-0.25, -0.2) is 0 Å². The van der Waals surface area contributed by atoms with Gasteiger partial charge < -0.3 is 14.8 Å². The number of likely N-dealkylation sites (tertiary alicyclic amines) is 1. The average molecular weight is 276 g/mol. The molecule has 110 valence electrons. The van der Waals surface area contributed by atoms with Gasteiger partial charge in [-0.1, -0.05) is 6.07 Å². The molecule has 1 N–H and O–H groups in total. The summed E-state index contributed by atoms with van der Waals surface area (Å²) in [6.45, 7) is 5.73. The van der Waals surface area contributed by atoms with Gasteiger partial charge in [-0.3, -0.25) is 4.90 Å². The van der Waals surface area contributed by atoms with Crippen molar-refractivity contribution in [3.63, 3.8) is 0 Å². The zero-order valence-electron chi connectivity index (χ0n) is 12.4. The Morgan fingerprint density at radius 1 is 1.25 bits per heavy atom. The minimum absolute atomic E-state index is 0.527. The first-order chi connectivity index (χ1) is 9.74. The highest BCUT2D eigenvalue weighted by molar-refractivity contribution is 5.40. The first-order valence-corrected chi connectivity index (χ1v) is 7.39. The third-order valence-corrected chi connectivity index (χ3v) is 4.74. The Morgan fingerprint density at radius 2 is 2.15 bits per heavy atom. The van der Waals surface area contributed by atoms with Crippen molar-refractivity contribution in [1.29, 1.82) is 0 Å². The molecule has 0 bridgehead atoms. The molecule has 3 rings (SSSR count). The molecule has 2 fully saturated rings. The van der Waals surface area contributed by atoms with Crippen molar-refractivity contribution in [1.82, 2.24) is 10.2 Å². The molecule has 2 heterocycles. The van der Waals surface area contributed by atoms with Crippen LogP contribution < -0.4 is 14.8 Å². The maximum Gasteiger partial charge on any atom is 0.127 e. The molecule has 2 aliphatic rings. The second-order valence-electron chi connectivity index (χ2n) is 6.07. The predicted octanol–water partition coefficient (Wildman–Crippen LogP) is 1.89. The zero-order chi connectivity index (χ0) is 14.0. The molecule has 0 aromatic heterocycles. The molecule has 0 saturated carbocycles. The van der Waals surface area contributed by atoms with Crippen LogP contribution in [0.25, 0.3) is 0 Å². The molecule has 1 atom stereocenters. The molecule has 2 saturated heterocycles. The second-order valence-corrected chi connectivity index (χ2v) is 6.07. The summed E-state index contributed by atoms with van der Waals surface area (Å²) >= 11 is 0. The standard InChI is InChI=1S/C16H24N2O2/c1-19-14-4-3-13(15(9-14)20-2)10-18-8-6-16(12-18)5-7-17-11-16/h3-4,9,17H,5-8,10-12H2,1-2H3. The Bertz CT molecular complexity index is 470. The molecule has 2 aliphatic heterocycles. The summed E-state index contributed by atoms with van der Waals surface area (Å²) in [4.78, 5) is 2.55. The van der Waals surface area contributed by atoms with Gasteiger partial charge in [0.2, 0.25) is 0 Å². The van der Waals surface area contributed by atoms with E-state index in [1.807, 2.05) is 12.1 Å². The van der Waals surface area contributed by atoms with E-state index in [1.165, 1.54) is 44.6 Å². The van der Waals surface area contributed by atoms with Gasteiger partial charge in [0.1, 0.15) is 11.5 Å². The van der Waals surface area contributed by atoms with Crippen LogP contribution in [0.15, 0.2) is 18.2 Å². The van der Waals surface area contributed by atoms with Crippen LogP contribution in [0.5, 0.6) is 11.5 Å². The van der Waals surface area contributed by atoms with Gasteiger partial charge in [-0.2, -0.15) is 0 Å². The van der Waals surface area contributed by atoms with Crippen LogP contribution in [0.4, 0.5) is 0 Å². The van der Waals surface area contributed by atoms with Crippen molar-refractivity contribution in [3.8, 4) is 11.5 Å². The predicted molar refractivity (Wildman–Crippen MR) is 79.4 cm³/mol. The van der Waals surface area contributed by atoms with E-state index in [9.17, 15) is 0 Å². The topological polar surface area (TPSA) is 33.7 Å². The van der Waals surface area contributed by atoms with Crippen molar-refractivity contribution in [2.45, 2.75) is 19.4 Å². The number of nitrogens with one attached hydrogen (secondary N) is 1. The minimum Gasteiger partial charge on any atom is -0.497 e. The first kappa shape index (κ1) is 13.7. The molecular formula is C16H24N2O2. The summed E-state index contributed by atoms with van der Waals surface area (Å²) < 4.78 is 10.8. The normalized spacial score (nSPS) is 26.3. The van der Waals surface area contributed by atoms with E-state index < -0.39 is 0 Å². The van der Waals surface area contributed by atoms with E-state index in [-0.39, 0.29) is 0 Å². The van der Waals surface area contributed by atoms with Gasteiger partial charge in [-0.15, -0.1) is 0 Å². The van der Waals surface area contributed by atoms with E-state index in [2.05, 4.69) is 16.3 Å².